The molecule has 0 aromatic heterocycles. The number of aliphatic hydroxyl groups is 1. The van der Waals surface area contributed by atoms with E-state index >= 15 is 0 Å². The maximum atomic E-state index is 9.24. The fraction of sp³-hybridized carbons (Fsp3) is 0.455. The lowest BCUT2D eigenvalue weighted by Gasteiger charge is -2.09. The normalized spacial score (nSPS) is 12.9. The van der Waals surface area contributed by atoms with Crippen molar-refractivity contribution in [3.8, 4) is 0 Å². The number of rotatable bonds is 4. The molecular weight excluding hydrogens is 176 g/mol. The van der Waals surface area contributed by atoms with Crippen LogP contribution in [0.4, 0.5) is 0 Å². The topological polar surface area (TPSA) is 72.3 Å². The molecule has 1 aromatic rings. The second-order valence-electron chi connectivity index (χ2n) is 3.56. The van der Waals surface area contributed by atoms with E-state index in [9.17, 15) is 5.11 Å². The van der Waals surface area contributed by atoms with Gasteiger partial charge >= 0.3 is 0 Å². The van der Waals surface area contributed by atoms with Crippen LogP contribution in [-0.4, -0.2) is 11.2 Å². The number of hydrogen-bond donors (Lipinski definition) is 3. The summed E-state index contributed by atoms with van der Waals surface area (Å²) in [5.41, 5.74) is 14.4. The molecule has 5 N–H and O–H groups in total. The van der Waals surface area contributed by atoms with Crippen molar-refractivity contribution in [3.05, 3.63) is 34.9 Å². The maximum Gasteiger partial charge on any atom is 0.0552 e. The molecule has 14 heavy (non-hydrogen) atoms. The van der Waals surface area contributed by atoms with Gasteiger partial charge in [0.15, 0.2) is 0 Å². The van der Waals surface area contributed by atoms with Crippen molar-refractivity contribution in [2.45, 2.75) is 32.5 Å². The molecule has 0 heterocycles. The monoisotopic (exact) mass is 194 g/mol. The second kappa shape index (κ2) is 5.10. The Morgan fingerprint density at radius 3 is 2.36 bits per heavy atom. The summed E-state index contributed by atoms with van der Waals surface area (Å²) < 4.78 is 0. The highest BCUT2D eigenvalue weighted by Crippen LogP contribution is 2.12. The average Bonchev–Trinajstić information content (AvgIpc) is 2.16. The average molecular weight is 194 g/mol. The van der Waals surface area contributed by atoms with Gasteiger partial charge < -0.3 is 16.6 Å². The summed E-state index contributed by atoms with van der Waals surface area (Å²) in [5.74, 6) is 0. The third-order valence-corrected chi connectivity index (χ3v) is 2.24. The third-order valence-electron chi connectivity index (χ3n) is 2.24. The van der Waals surface area contributed by atoms with Crippen LogP contribution in [0.3, 0.4) is 0 Å². The van der Waals surface area contributed by atoms with E-state index in [2.05, 4.69) is 0 Å². The first-order chi connectivity index (χ1) is 6.67. The van der Waals surface area contributed by atoms with E-state index in [0.717, 1.165) is 16.7 Å². The lowest BCUT2D eigenvalue weighted by atomic mass is 10.0. The van der Waals surface area contributed by atoms with Crippen LogP contribution in [0.2, 0.25) is 0 Å². The molecule has 0 saturated heterocycles. The molecule has 1 rings (SSSR count). The number of benzene rings is 1. The zero-order valence-electron chi connectivity index (χ0n) is 8.53. The third kappa shape index (κ3) is 2.80. The van der Waals surface area contributed by atoms with Crippen molar-refractivity contribution in [2.24, 2.45) is 11.5 Å². The second-order valence-corrected chi connectivity index (χ2v) is 3.56. The first-order valence-corrected chi connectivity index (χ1v) is 4.86. The molecule has 1 atom stereocenters. The summed E-state index contributed by atoms with van der Waals surface area (Å²) in [4.78, 5) is 0. The molecule has 3 heteroatoms. The highest BCUT2D eigenvalue weighted by Gasteiger charge is 2.03. The van der Waals surface area contributed by atoms with Crippen LogP contribution in [0, 0.1) is 0 Å². The van der Waals surface area contributed by atoms with Gasteiger partial charge in [-0.3, -0.25) is 0 Å². The number of aliphatic hydroxyl groups excluding tert-OH is 1. The van der Waals surface area contributed by atoms with Crippen molar-refractivity contribution < 1.29 is 5.11 Å². The molecular formula is C11H18N2O. The van der Waals surface area contributed by atoms with Crippen molar-refractivity contribution in [1.29, 1.82) is 0 Å². The largest absolute Gasteiger partial charge is 0.393 e. The Balaban J connectivity index is 2.89. The molecule has 0 amide bonds. The fourth-order valence-corrected chi connectivity index (χ4v) is 1.54. The predicted octanol–water partition coefficient (Wildman–Crippen LogP) is 0.527. The summed E-state index contributed by atoms with van der Waals surface area (Å²) >= 11 is 0. The highest BCUT2D eigenvalue weighted by atomic mass is 16.3. The van der Waals surface area contributed by atoms with Crippen LogP contribution in [0.5, 0.6) is 0 Å². The zero-order valence-corrected chi connectivity index (χ0v) is 8.53. The van der Waals surface area contributed by atoms with E-state index < -0.39 is 0 Å². The Morgan fingerprint density at radius 2 is 1.86 bits per heavy atom. The molecule has 0 saturated carbocycles. The lowest BCUT2D eigenvalue weighted by Crippen LogP contribution is -2.09. The molecule has 1 aromatic carbocycles. The van der Waals surface area contributed by atoms with Crippen LogP contribution in [0.15, 0.2) is 18.2 Å². The minimum absolute atomic E-state index is 0.315. The minimum atomic E-state index is -0.315. The van der Waals surface area contributed by atoms with E-state index in [1.54, 1.807) is 6.92 Å². The van der Waals surface area contributed by atoms with Gasteiger partial charge in [-0.2, -0.15) is 0 Å². The number of hydrogen-bond acceptors (Lipinski definition) is 3. The molecule has 0 aliphatic rings. The summed E-state index contributed by atoms with van der Waals surface area (Å²) in [6.45, 7) is 2.79. The van der Waals surface area contributed by atoms with Gasteiger partial charge in [-0.25, -0.2) is 0 Å². The predicted molar refractivity (Wildman–Crippen MR) is 57.6 cm³/mol. The van der Waals surface area contributed by atoms with E-state index in [0.29, 0.717) is 19.5 Å². The van der Waals surface area contributed by atoms with E-state index in [-0.39, 0.29) is 6.10 Å². The van der Waals surface area contributed by atoms with Crippen molar-refractivity contribution in [2.75, 3.05) is 0 Å². The molecule has 0 spiro atoms. The van der Waals surface area contributed by atoms with Gasteiger partial charge in [0, 0.05) is 13.1 Å². The Labute approximate surface area is 84.7 Å². The maximum absolute atomic E-state index is 9.24. The Kier molecular flexibility index (Phi) is 4.07. The molecule has 3 nitrogen and oxygen atoms in total. The molecule has 0 aliphatic heterocycles. The molecule has 0 fully saturated rings. The van der Waals surface area contributed by atoms with Crippen LogP contribution in [0.1, 0.15) is 23.6 Å². The SMILES string of the molecule is CC(O)Cc1ccc(CN)c(CN)c1. The van der Waals surface area contributed by atoms with Gasteiger partial charge in [-0.15, -0.1) is 0 Å². The summed E-state index contributed by atoms with van der Waals surface area (Å²) in [6.07, 6.45) is 0.349. The van der Waals surface area contributed by atoms with Crippen molar-refractivity contribution in [1.82, 2.24) is 0 Å². The first-order valence-electron chi connectivity index (χ1n) is 4.86. The Morgan fingerprint density at radius 1 is 1.21 bits per heavy atom. The standard InChI is InChI=1S/C11H18N2O/c1-8(14)4-9-2-3-10(6-12)11(5-9)7-13/h2-3,5,8,14H,4,6-7,12-13H2,1H3. The quantitative estimate of drug-likeness (QED) is 0.654. The van der Waals surface area contributed by atoms with Gasteiger partial charge in [0.1, 0.15) is 0 Å². The molecule has 78 valence electrons. The summed E-state index contributed by atoms with van der Waals surface area (Å²) in [7, 11) is 0. The molecule has 0 aliphatic carbocycles. The summed E-state index contributed by atoms with van der Waals surface area (Å²) in [6, 6.07) is 6.00. The fourth-order valence-electron chi connectivity index (χ4n) is 1.54. The summed E-state index contributed by atoms with van der Waals surface area (Å²) in [5, 5.41) is 9.24. The Bertz CT molecular complexity index is 297. The zero-order chi connectivity index (χ0) is 10.6. The number of nitrogens with two attached hydrogens (primary N) is 2. The van der Waals surface area contributed by atoms with Gasteiger partial charge in [-0.1, -0.05) is 18.2 Å². The lowest BCUT2D eigenvalue weighted by molar-refractivity contribution is 0.195. The van der Waals surface area contributed by atoms with E-state index in [1.807, 2.05) is 18.2 Å². The first kappa shape index (κ1) is 11.2. The van der Waals surface area contributed by atoms with Crippen LogP contribution in [0.25, 0.3) is 0 Å². The van der Waals surface area contributed by atoms with Crippen LogP contribution >= 0.6 is 0 Å². The van der Waals surface area contributed by atoms with Gasteiger partial charge in [0.25, 0.3) is 0 Å². The van der Waals surface area contributed by atoms with Gasteiger partial charge in [0.2, 0.25) is 0 Å². The Hall–Kier alpha value is -0.900. The van der Waals surface area contributed by atoms with Crippen LogP contribution < -0.4 is 11.5 Å². The molecule has 1 unspecified atom stereocenters. The smallest absolute Gasteiger partial charge is 0.0552 e. The molecule has 0 radical (unpaired) electrons. The minimum Gasteiger partial charge on any atom is -0.393 e. The molecule has 0 bridgehead atoms. The van der Waals surface area contributed by atoms with Crippen LogP contribution in [-0.2, 0) is 19.5 Å². The van der Waals surface area contributed by atoms with Crippen molar-refractivity contribution >= 4 is 0 Å². The van der Waals surface area contributed by atoms with E-state index in [4.69, 9.17) is 11.5 Å². The van der Waals surface area contributed by atoms with Gasteiger partial charge in [0.05, 0.1) is 6.10 Å². The van der Waals surface area contributed by atoms with E-state index in [1.165, 1.54) is 0 Å². The van der Waals surface area contributed by atoms with Crippen molar-refractivity contribution in [3.63, 3.8) is 0 Å². The van der Waals surface area contributed by atoms with Gasteiger partial charge in [-0.05, 0) is 30.0 Å². The highest BCUT2D eigenvalue weighted by molar-refractivity contribution is 5.32.